The zero-order valence-corrected chi connectivity index (χ0v) is 15.4. The third-order valence-corrected chi connectivity index (χ3v) is 6.79. The van der Waals surface area contributed by atoms with Crippen LogP contribution in [0.3, 0.4) is 0 Å². The van der Waals surface area contributed by atoms with Crippen LogP contribution in [0.2, 0.25) is 0 Å². The third-order valence-electron chi connectivity index (χ3n) is 5.87. The van der Waals surface area contributed by atoms with Crippen LogP contribution < -0.4 is 11.1 Å². The molecule has 0 spiro atoms. The van der Waals surface area contributed by atoms with Gasteiger partial charge in [0.05, 0.1) is 11.5 Å². The largest absolute Gasteiger partial charge is 0.352 e. The Hall–Kier alpha value is -0.750. The third kappa shape index (κ3) is 4.66. The summed E-state index contributed by atoms with van der Waals surface area (Å²) < 4.78 is 0. The van der Waals surface area contributed by atoms with Gasteiger partial charge in [0.2, 0.25) is 11.8 Å². The van der Waals surface area contributed by atoms with E-state index in [0.717, 1.165) is 38.8 Å². The highest BCUT2D eigenvalue weighted by molar-refractivity contribution is 8.00. The van der Waals surface area contributed by atoms with Crippen LogP contribution >= 0.6 is 11.8 Å². The SMILES string of the molecule is NC1CC2CCCC(C1)C2NC(=O)CSCC(=O)N1CCCCC1. The fourth-order valence-electron chi connectivity index (χ4n) is 4.72. The Kier molecular flexibility index (Phi) is 6.44. The predicted molar refractivity (Wildman–Crippen MR) is 97.7 cm³/mol. The topological polar surface area (TPSA) is 75.4 Å². The quantitative estimate of drug-likeness (QED) is 0.790. The van der Waals surface area contributed by atoms with E-state index in [1.807, 2.05) is 4.90 Å². The molecule has 2 bridgehead atoms. The van der Waals surface area contributed by atoms with Crippen LogP contribution in [0.25, 0.3) is 0 Å². The number of nitrogens with one attached hydrogen (secondary N) is 1. The van der Waals surface area contributed by atoms with E-state index in [2.05, 4.69) is 5.32 Å². The number of fused-ring (bicyclic) bond motifs is 2. The average Bonchev–Trinajstić information content (AvgIpc) is 2.56. The first-order valence-corrected chi connectivity index (χ1v) is 10.7. The Labute approximate surface area is 149 Å². The molecule has 0 aromatic heterocycles. The molecule has 1 heterocycles. The Morgan fingerprint density at radius 2 is 1.67 bits per heavy atom. The summed E-state index contributed by atoms with van der Waals surface area (Å²) >= 11 is 1.45. The monoisotopic (exact) mass is 353 g/mol. The van der Waals surface area contributed by atoms with Gasteiger partial charge in [-0.1, -0.05) is 6.42 Å². The van der Waals surface area contributed by atoms with Gasteiger partial charge in [-0.15, -0.1) is 11.8 Å². The number of rotatable bonds is 5. The molecule has 3 aliphatic rings. The zero-order valence-electron chi connectivity index (χ0n) is 14.5. The number of thioether (sulfide) groups is 1. The van der Waals surface area contributed by atoms with E-state index in [1.165, 1.54) is 37.4 Å². The van der Waals surface area contributed by atoms with Crippen molar-refractivity contribution in [3.8, 4) is 0 Å². The molecule has 2 amide bonds. The number of likely N-dealkylation sites (tertiary alicyclic amines) is 1. The van der Waals surface area contributed by atoms with Gasteiger partial charge in [0.15, 0.2) is 0 Å². The number of carbonyl (C=O) groups excluding carboxylic acids is 2. The van der Waals surface area contributed by atoms with E-state index in [1.54, 1.807) is 0 Å². The second-order valence-corrected chi connectivity index (χ2v) is 8.70. The lowest BCUT2D eigenvalue weighted by Crippen LogP contribution is -2.54. The summed E-state index contributed by atoms with van der Waals surface area (Å²) in [4.78, 5) is 26.4. The van der Waals surface area contributed by atoms with Crippen molar-refractivity contribution < 1.29 is 9.59 Å². The van der Waals surface area contributed by atoms with E-state index in [4.69, 9.17) is 5.73 Å². The molecule has 2 saturated carbocycles. The summed E-state index contributed by atoms with van der Waals surface area (Å²) in [5.41, 5.74) is 6.14. The Morgan fingerprint density at radius 1 is 1.00 bits per heavy atom. The first kappa shape index (κ1) is 18.1. The highest BCUT2D eigenvalue weighted by Crippen LogP contribution is 2.39. The molecule has 3 rings (SSSR count). The minimum absolute atomic E-state index is 0.0869. The molecule has 5 nitrogen and oxygen atoms in total. The van der Waals surface area contributed by atoms with E-state index < -0.39 is 0 Å². The average molecular weight is 354 g/mol. The second kappa shape index (κ2) is 8.56. The molecule has 0 radical (unpaired) electrons. The van der Waals surface area contributed by atoms with Crippen molar-refractivity contribution in [1.82, 2.24) is 10.2 Å². The maximum atomic E-state index is 12.3. The summed E-state index contributed by atoms with van der Waals surface area (Å²) in [5.74, 6) is 2.20. The van der Waals surface area contributed by atoms with Crippen molar-refractivity contribution in [3.05, 3.63) is 0 Å². The first-order chi connectivity index (χ1) is 11.6. The van der Waals surface area contributed by atoms with Crippen LogP contribution in [0.5, 0.6) is 0 Å². The second-order valence-electron chi connectivity index (χ2n) is 7.71. The predicted octanol–water partition coefficient (Wildman–Crippen LogP) is 1.75. The summed E-state index contributed by atoms with van der Waals surface area (Å²) in [5, 5.41) is 3.25. The van der Waals surface area contributed by atoms with Gasteiger partial charge in [-0.05, 0) is 56.8 Å². The molecule has 1 aliphatic heterocycles. The van der Waals surface area contributed by atoms with Crippen molar-refractivity contribution in [2.24, 2.45) is 17.6 Å². The Morgan fingerprint density at radius 3 is 2.33 bits per heavy atom. The molecule has 3 N–H and O–H groups in total. The van der Waals surface area contributed by atoms with E-state index in [9.17, 15) is 9.59 Å². The summed E-state index contributed by atoms with van der Waals surface area (Å²) in [6, 6.07) is 0.620. The van der Waals surface area contributed by atoms with Gasteiger partial charge in [-0.2, -0.15) is 0 Å². The van der Waals surface area contributed by atoms with Crippen LogP contribution in [0.15, 0.2) is 0 Å². The first-order valence-electron chi connectivity index (χ1n) is 9.54. The van der Waals surface area contributed by atoms with Gasteiger partial charge in [-0.25, -0.2) is 0 Å². The fourth-order valence-corrected chi connectivity index (χ4v) is 5.45. The van der Waals surface area contributed by atoms with Crippen LogP contribution in [0, 0.1) is 11.8 Å². The molecule has 6 heteroatoms. The fraction of sp³-hybridized carbons (Fsp3) is 0.889. The number of hydrogen-bond donors (Lipinski definition) is 2. The standard InChI is InChI=1S/C18H31N3O2S/c19-15-9-13-5-4-6-14(10-15)18(13)20-16(22)11-24-12-17(23)21-7-2-1-3-8-21/h13-15,18H,1-12,19H2,(H,20,22). The summed E-state index contributed by atoms with van der Waals surface area (Å²) in [6.45, 7) is 1.77. The van der Waals surface area contributed by atoms with Crippen molar-refractivity contribution in [3.63, 3.8) is 0 Å². The molecule has 24 heavy (non-hydrogen) atoms. The molecule has 0 aromatic rings. The van der Waals surface area contributed by atoms with Crippen LogP contribution in [-0.4, -0.2) is 53.4 Å². The number of hydrogen-bond acceptors (Lipinski definition) is 4. The summed E-state index contributed by atoms with van der Waals surface area (Å²) in [6.07, 6.45) is 9.20. The van der Waals surface area contributed by atoms with Gasteiger partial charge in [0.25, 0.3) is 0 Å². The Balaban J connectivity index is 1.38. The van der Waals surface area contributed by atoms with Crippen LogP contribution in [-0.2, 0) is 9.59 Å². The van der Waals surface area contributed by atoms with E-state index in [-0.39, 0.29) is 11.8 Å². The van der Waals surface area contributed by atoms with Crippen molar-refractivity contribution >= 4 is 23.6 Å². The normalized spacial score (nSPS) is 33.1. The van der Waals surface area contributed by atoms with Crippen molar-refractivity contribution in [1.29, 1.82) is 0 Å². The number of carbonyl (C=O) groups is 2. The lowest BCUT2D eigenvalue weighted by Gasteiger charge is -2.45. The van der Waals surface area contributed by atoms with Gasteiger partial charge in [0, 0.05) is 25.2 Å². The van der Waals surface area contributed by atoms with Crippen molar-refractivity contribution in [2.45, 2.75) is 63.5 Å². The number of nitrogens with zero attached hydrogens (tertiary/aromatic N) is 1. The van der Waals surface area contributed by atoms with Crippen LogP contribution in [0.1, 0.15) is 51.4 Å². The highest BCUT2D eigenvalue weighted by Gasteiger charge is 2.39. The summed E-state index contributed by atoms with van der Waals surface area (Å²) in [7, 11) is 0. The van der Waals surface area contributed by atoms with E-state index in [0.29, 0.717) is 35.4 Å². The van der Waals surface area contributed by atoms with Gasteiger partial charge < -0.3 is 16.0 Å². The molecule has 136 valence electrons. The van der Waals surface area contributed by atoms with Crippen LogP contribution in [0.4, 0.5) is 0 Å². The van der Waals surface area contributed by atoms with Gasteiger partial charge in [-0.3, -0.25) is 9.59 Å². The number of nitrogens with two attached hydrogens (primary N) is 1. The van der Waals surface area contributed by atoms with Gasteiger partial charge >= 0.3 is 0 Å². The molecule has 3 fully saturated rings. The number of piperidine rings is 1. The van der Waals surface area contributed by atoms with Gasteiger partial charge in [0.1, 0.15) is 0 Å². The lowest BCUT2D eigenvalue weighted by atomic mass is 9.67. The highest BCUT2D eigenvalue weighted by atomic mass is 32.2. The molecular weight excluding hydrogens is 322 g/mol. The van der Waals surface area contributed by atoms with Crippen molar-refractivity contribution in [2.75, 3.05) is 24.6 Å². The lowest BCUT2D eigenvalue weighted by molar-refractivity contribution is -0.129. The molecule has 2 unspecified atom stereocenters. The maximum absolute atomic E-state index is 12.3. The minimum atomic E-state index is 0.0869. The van der Waals surface area contributed by atoms with E-state index >= 15 is 0 Å². The Bertz CT molecular complexity index is 440. The molecule has 0 aromatic carbocycles. The molecule has 1 saturated heterocycles. The molecule has 2 atom stereocenters. The minimum Gasteiger partial charge on any atom is -0.352 e. The zero-order chi connectivity index (χ0) is 16.9. The molecular formula is C18H31N3O2S. The molecule has 2 aliphatic carbocycles. The number of amides is 2. The maximum Gasteiger partial charge on any atom is 0.232 e. The smallest absolute Gasteiger partial charge is 0.232 e.